The summed E-state index contributed by atoms with van der Waals surface area (Å²) < 4.78 is 13.9. The van der Waals surface area contributed by atoms with Crippen LogP contribution < -0.4 is 5.32 Å². The molecule has 0 spiro atoms. The molecule has 3 rings (SSSR count). The number of carbonyl (C=O) groups excluding carboxylic acids is 1. The summed E-state index contributed by atoms with van der Waals surface area (Å²) in [6, 6.07) is 26.3. The summed E-state index contributed by atoms with van der Waals surface area (Å²) in [5, 5.41) is 12.2. The van der Waals surface area contributed by atoms with E-state index < -0.39 is 0 Å². The van der Waals surface area contributed by atoms with Crippen molar-refractivity contribution in [3.8, 4) is 0 Å². The minimum atomic E-state index is -0.332. The first-order chi connectivity index (χ1) is 14.7. The molecule has 0 aliphatic rings. The number of amides is 1. The summed E-state index contributed by atoms with van der Waals surface area (Å²) in [6.45, 7) is 0.880. The van der Waals surface area contributed by atoms with Crippen molar-refractivity contribution in [2.75, 3.05) is 19.7 Å². The molecule has 0 saturated heterocycles. The Morgan fingerprint density at radius 1 is 0.900 bits per heavy atom. The smallest absolute Gasteiger partial charge is 0.234 e. The lowest BCUT2D eigenvalue weighted by Crippen LogP contribution is -2.40. The standard InChI is InChI=1S/C25H27FN2O2/c26-23-15-8-7-14-22(23)18-27-24(30)19-28(16-9-17-29)25(20-10-3-1-4-11-20)21-12-5-2-6-13-21/h1-8,10-15,25,29H,9,16-19H2,(H,27,30). The predicted octanol–water partition coefficient (Wildman–Crippen LogP) is 3.92. The van der Waals surface area contributed by atoms with Crippen LogP contribution in [0.1, 0.15) is 29.2 Å². The lowest BCUT2D eigenvalue weighted by atomic mass is 9.96. The van der Waals surface area contributed by atoms with E-state index in [9.17, 15) is 14.3 Å². The number of aliphatic hydroxyl groups excluding tert-OH is 1. The molecule has 5 heteroatoms. The third-order valence-corrected chi connectivity index (χ3v) is 4.98. The van der Waals surface area contributed by atoms with E-state index in [1.807, 2.05) is 60.7 Å². The summed E-state index contributed by atoms with van der Waals surface area (Å²) in [5.74, 6) is -0.519. The first-order valence-electron chi connectivity index (χ1n) is 10.1. The fourth-order valence-electron chi connectivity index (χ4n) is 3.53. The fraction of sp³-hybridized carbons (Fsp3) is 0.240. The molecule has 3 aromatic carbocycles. The third kappa shape index (κ3) is 5.99. The second kappa shape index (κ2) is 11.2. The molecular weight excluding hydrogens is 379 g/mol. The Labute approximate surface area is 177 Å². The van der Waals surface area contributed by atoms with Gasteiger partial charge in [0.1, 0.15) is 5.82 Å². The lowest BCUT2D eigenvalue weighted by Gasteiger charge is -2.32. The third-order valence-electron chi connectivity index (χ3n) is 4.98. The Morgan fingerprint density at radius 2 is 1.47 bits per heavy atom. The van der Waals surface area contributed by atoms with E-state index in [1.165, 1.54) is 6.07 Å². The number of rotatable bonds is 10. The van der Waals surface area contributed by atoms with Crippen molar-refractivity contribution in [1.29, 1.82) is 0 Å². The molecule has 2 N–H and O–H groups in total. The van der Waals surface area contributed by atoms with Gasteiger partial charge in [0.05, 0.1) is 12.6 Å². The molecular formula is C25H27FN2O2. The van der Waals surface area contributed by atoms with Crippen LogP contribution >= 0.6 is 0 Å². The summed E-state index contributed by atoms with van der Waals surface area (Å²) in [6.07, 6.45) is 0.552. The van der Waals surface area contributed by atoms with E-state index in [0.717, 1.165) is 11.1 Å². The van der Waals surface area contributed by atoms with E-state index >= 15 is 0 Å². The number of carbonyl (C=O) groups is 1. The Bertz CT molecular complexity index is 879. The van der Waals surface area contributed by atoms with Crippen molar-refractivity contribution in [2.24, 2.45) is 0 Å². The summed E-state index contributed by atoms with van der Waals surface area (Å²) >= 11 is 0. The highest BCUT2D eigenvalue weighted by atomic mass is 19.1. The summed E-state index contributed by atoms with van der Waals surface area (Å²) in [7, 11) is 0. The van der Waals surface area contributed by atoms with Crippen LogP contribution in [0.4, 0.5) is 4.39 Å². The van der Waals surface area contributed by atoms with Crippen molar-refractivity contribution >= 4 is 5.91 Å². The number of benzene rings is 3. The Morgan fingerprint density at radius 3 is 2.03 bits per heavy atom. The first-order valence-corrected chi connectivity index (χ1v) is 10.1. The Balaban J connectivity index is 1.79. The van der Waals surface area contributed by atoms with E-state index in [1.54, 1.807) is 18.2 Å². The first kappa shape index (κ1) is 21.7. The number of aliphatic hydroxyl groups is 1. The van der Waals surface area contributed by atoms with E-state index in [4.69, 9.17) is 0 Å². The van der Waals surface area contributed by atoms with Gasteiger partial charge in [-0.3, -0.25) is 9.69 Å². The van der Waals surface area contributed by atoms with Gasteiger partial charge in [0.15, 0.2) is 0 Å². The van der Waals surface area contributed by atoms with Crippen LogP contribution in [0.2, 0.25) is 0 Å². The summed E-state index contributed by atoms with van der Waals surface area (Å²) in [4.78, 5) is 14.8. The minimum Gasteiger partial charge on any atom is -0.396 e. The molecule has 30 heavy (non-hydrogen) atoms. The van der Waals surface area contributed by atoms with Gasteiger partial charge in [0.25, 0.3) is 0 Å². The number of halogens is 1. The van der Waals surface area contributed by atoms with Crippen LogP contribution in [0.3, 0.4) is 0 Å². The van der Waals surface area contributed by atoms with Crippen LogP contribution in [0.25, 0.3) is 0 Å². The number of nitrogens with one attached hydrogen (secondary N) is 1. The SMILES string of the molecule is O=C(CN(CCCO)C(c1ccccc1)c1ccccc1)NCc1ccccc1F. The highest BCUT2D eigenvalue weighted by Gasteiger charge is 2.24. The Kier molecular flexibility index (Phi) is 8.12. The van der Waals surface area contributed by atoms with Gasteiger partial charge in [-0.2, -0.15) is 0 Å². The molecule has 3 aromatic rings. The molecule has 0 atom stereocenters. The zero-order chi connectivity index (χ0) is 21.2. The van der Waals surface area contributed by atoms with Gasteiger partial charge in [-0.1, -0.05) is 78.9 Å². The summed E-state index contributed by atoms with van der Waals surface area (Å²) in [5.41, 5.74) is 2.60. The van der Waals surface area contributed by atoms with Crippen molar-refractivity contribution in [1.82, 2.24) is 10.2 Å². The second-order valence-corrected chi connectivity index (χ2v) is 7.14. The molecule has 0 aromatic heterocycles. The van der Waals surface area contributed by atoms with Crippen LogP contribution in [-0.2, 0) is 11.3 Å². The minimum absolute atomic E-state index is 0.0453. The van der Waals surface area contributed by atoms with Crippen molar-refractivity contribution < 1.29 is 14.3 Å². The van der Waals surface area contributed by atoms with E-state index in [2.05, 4.69) is 10.2 Å². The fourth-order valence-corrected chi connectivity index (χ4v) is 3.53. The molecule has 156 valence electrons. The number of nitrogens with zero attached hydrogens (tertiary/aromatic N) is 1. The zero-order valence-electron chi connectivity index (χ0n) is 16.9. The highest BCUT2D eigenvalue weighted by molar-refractivity contribution is 5.78. The molecule has 0 fully saturated rings. The van der Waals surface area contributed by atoms with Gasteiger partial charge in [-0.05, 0) is 23.6 Å². The molecule has 1 amide bonds. The van der Waals surface area contributed by atoms with Crippen molar-refractivity contribution in [3.05, 3.63) is 107 Å². The molecule has 0 aliphatic heterocycles. The van der Waals surface area contributed by atoms with Crippen LogP contribution in [0.5, 0.6) is 0 Å². The molecule has 0 saturated carbocycles. The van der Waals surface area contributed by atoms with Crippen LogP contribution in [0, 0.1) is 5.82 Å². The van der Waals surface area contributed by atoms with Gasteiger partial charge >= 0.3 is 0 Å². The molecule has 0 radical (unpaired) electrons. The van der Waals surface area contributed by atoms with Crippen molar-refractivity contribution in [3.63, 3.8) is 0 Å². The number of hydrogen-bond donors (Lipinski definition) is 2. The molecule has 0 heterocycles. The van der Waals surface area contributed by atoms with Gasteiger partial charge in [0.2, 0.25) is 5.91 Å². The molecule has 4 nitrogen and oxygen atoms in total. The maximum Gasteiger partial charge on any atom is 0.234 e. The predicted molar refractivity (Wildman–Crippen MR) is 116 cm³/mol. The topological polar surface area (TPSA) is 52.6 Å². The van der Waals surface area contributed by atoms with Crippen molar-refractivity contribution in [2.45, 2.75) is 19.0 Å². The van der Waals surface area contributed by atoms with Gasteiger partial charge in [-0.25, -0.2) is 4.39 Å². The molecule has 0 aliphatic carbocycles. The van der Waals surface area contributed by atoms with E-state index in [-0.39, 0.29) is 37.5 Å². The zero-order valence-corrected chi connectivity index (χ0v) is 16.9. The van der Waals surface area contributed by atoms with Crippen LogP contribution in [-0.4, -0.2) is 35.6 Å². The van der Waals surface area contributed by atoms with Gasteiger partial charge in [0, 0.05) is 25.3 Å². The highest BCUT2D eigenvalue weighted by Crippen LogP contribution is 2.28. The lowest BCUT2D eigenvalue weighted by molar-refractivity contribution is -0.122. The molecule has 0 bridgehead atoms. The number of hydrogen-bond acceptors (Lipinski definition) is 3. The van der Waals surface area contributed by atoms with E-state index in [0.29, 0.717) is 18.5 Å². The second-order valence-electron chi connectivity index (χ2n) is 7.14. The normalized spacial score (nSPS) is 11.1. The largest absolute Gasteiger partial charge is 0.396 e. The molecule has 0 unspecified atom stereocenters. The average Bonchev–Trinajstić information content (AvgIpc) is 2.78. The quantitative estimate of drug-likeness (QED) is 0.537. The van der Waals surface area contributed by atoms with Gasteiger partial charge in [-0.15, -0.1) is 0 Å². The van der Waals surface area contributed by atoms with Gasteiger partial charge < -0.3 is 10.4 Å². The average molecular weight is 407 g/mol. The maximum absolute atomic E-state index is 13.9. The maximum atomic E-state index is 13.9. The monoisotopic (exact) mass is 406 g/mol. The Hall–Kier alpha value is -3.02. The van der Waals surface area contributed by atoms with Crippen LogP contribution in [0.15, 0.2) is 84.9 Å².